The van der Waals surface area contributed by atoms with Gasteiger partial charge in [-0.3, -0.25) is 0 Å². The number of rotatable bonds is 3. The number of cyclic esters (lactones) is 1. The predicted molar refractivity (Wildman–Crippen MR) is 65.3 cm³/mol. The minimum Gasteiger partial charge on any atom is -0.429 e. The fourth-order valence-electron chi connectivity index (χ4n) is 2.71. The summed E-state index contributed by atoms with van der Waals surface area (Å²) in [6.07, 6.45) is 7.50. The van der Waals surface area contributed by atoms with Gasteiger partial charge < -0.3 is 9.47 Å². The Morgan fingerprint density at radius 2 is 2.29 bits per heavy atom. The van der Waals surface area contributed by atoms with Gasteiger partial charge in [0, 0.05) is 6.08 Å². The van der Waals surface area contributed by atoms with E-state index >= 15 is 0 Å². The molecule has 0 aromatic rings. The van der Waals surface area contributed by atoms with Gasteiger partial charge in [-0.15, -0.1) is 0 Å². The maximum atomic E-state index is 10.9. The van der Waals surface area contributed by atoms with Gasteiger partial charge in [-0.2, -0.15) is 0 Å². The van der Waals surface area contributed by atoms with Crippen molar-refractivity contribution in [3.05, 3.63) is 12.2 Å². The van der Waals surface area contributed by atoms with E-state index in [0.29, 0.717) is 11.3 Å². The third-order valence-corrected chi connectivity index (χ3v) is 4.31. The summed E-state index contributed by atoms with van der Waals surface area (Å²) in [5.74, 6) is 0.369. The Bertz CT molecular complexity index is 321. The van der Waals surface area contributed by atoms with E-state index in [9.17, 15) is 4.79 Å². The Kier molecular flexibility index (Phi) is 3.57. The zero-order valence-corrected chi connectivity index (χ0v) is 10.9. The first-order chi connectivity index (χ1) is 7.99. The molecule has 1 heterocycles. The van der Waals surface area contributed by atoms with Gasteiger partial charge in [-0.25, -0.2) is 4.79 Å². The van der Waals surface area contributed by atoms with Crippen molar-refractivity contribution in [1.29, 1.82) is 0 Å². The Hall–Kier alpha value is -0.830. The molecule has 3 heteroatoms. The highest BCUT2D eigenvalue weighted by molar-refractivity contribution is 5.84. The van der Waals surface area contributed by atoms with Crippen LogP contribution in [0.2, 0.25) is 0 Å². The molecule has 0 N–H and O–H groups in total. The Morgan fingerprint density at radius 1 is 1.53 bits per heavy atom. The van der Waals surface area contributed by atoms with E-state index in [1.165, 1.54) is 18.9 Å². The van der Waals surface area contributed by atoms with Crippen LogP contribution in [0, 0.1) is 11.3 Å². The van der Waals surface area contributed by atoms with Crippen molar-refractivity contribution < 1.29 is 14.3 Å². The van der Waals surface area contributed by atoms with Crippen LogP contribution in [-0.2, 0) is 14.3 Å². The van der Waals surface area contributed by atoms with Crippen LogP contribution in [0.4, 0.5) is 0 Å². The quantitative estimate of drug-likeness (QED) is 0.709. The fourth-order valence-corrected chi connectivity index (χ4v) is 2.71. The summed E-state index contributed by atoms with van der Waals surface area (Å²) >= 11 is 0. The summed E-state index contributed by atoms with van der Waals surface area (Å²) in [6, 6.07) is 0. The van der Waals surface area contributed by atoms with E-state index < -0.39 is 6.29 Å². The molecular formula is C14H22O3. The Labute approximate surface area is 103 Å². The molecular weight excluding hydrogens is 216 g/mol. The molecule has 2 rings (SSSR count). The predicted octanol–water partition coefficient (Wildman–Crippen LogP) is 3.05. The molecule has 17 heavy (non-hydrogen) atoms. The van der Waals surface area contributed by atoms with Crippen molar-refractivity contribution in [3.63, 3.8) is 0 Å². The maximum absolute atomic E-state index is 10.9. The lowest BCUT2D eigenvalue weighted by molar-refractivity contribution is -0.173. The highest BCUT2D eigenvalue weighted by Gasteiger charge is 2.36. The summed E-state index contributed by atoms with van der Waals surface area (Å²) in [7, 11) is 0. The maximum Gasteiger partial charge on any atom is 0.333 e. The summed E-state index contributed by atoms with van der Waals surface area (Å²) in [4.78, 5) is 10.9. The zero-order valence-electron chi connectivity index (χ0n) is 10.9. The van der Waals surface area contributed by atoms with E-state index in [1.807, 2.05) is 0 Å². The van der Waals surface area contributed by atoms with Crippen LogP contribution in [0.25, 0.3) is 0 Å². The number of esters is 1. The molecule has 3 atom stereocenters. The second kappa shape index (κ2) is 4.81. The highest BCUT2D eigenvalue weighted by atomic mass is 16.7. The summed E-state index contributed by atoms with van der Waals surface area (Å²) in [5.41, 5.74) is 0.356. The van der Waals surface area contributed by atoms with Gasteiger partial charge in [0.05, 0.1) is 6.10 Å². The molecule has 1 aliphatic heterocycles. The van der Waals surface area contributed by atoms with Gasteiger partial charge in [0.2, 0.25) is 6.29 Å². The Balaban J connectivity index is 1.90. The average Bonchev–Trinajstić information content (AvgIpc) is 2.64. The third-order valence-electron chi connectivity index (χ3n) is 4.31. The SMILES string of the molecule is CC(C)C1(C)CCCC(O[C@@H]2C=CC(=O)O2)C1. The first-order valence-corrected chi connectivity index (χ1v) is 6.54. The molecule has 0 aromatic heterocycles. The summed E-state index contributed by atoms with van der Waals surface area (Å²) < 4.78 is 10.9. The van der Waals surface area contributed by atoms with Crippen molar-refractivity contribution in [2.24, 2.45) is 11.3 Å². The van der Waals surface area contributed by atoms with Crippen LogP contribution in [0.1, 0.15) is 46.5 Å². The number of ether oxygens (including phenoxy) is 2. The van der Waals surface area contributed by atoms with Crippen molar-refractivity contribution in [2.45, 2.75) is 58.8 Å². The van der Waals surface area contributed by atoms with Gasteiger partial charge in [-0.05, 0) is 36.7 Å². The van der Waals surface area contributed by atoms with Crippen LogP contribution >= 0.6 is 0 Å². The molecule has 1 fully saturated rings. The number of hydrogen-bond acceptors (Lipinski definition) is 3. The van der Waals surface area contributed by atoms with E-state index in [2.05, 4.69) is 20.8 Å². The summed E-state index contributed by atoms with van der Waals surface area (Å²) in [5, 5.41) is 0. The van der Waals surface area contributed by atoms with Crippen LogP contribution in [-0.4, -0.2) is 18.4 Å². The van der Waals surface area contributed by atoms with Crippen molar-refractivity contribution in [3.8, 4) is 0 Å². The molecule has 1 aliphatic carbocycles. The second-order valence-corrected chi connectivity index (χ2v) is 5.83. The molecule has 1 saturated carbocycles. The first kappa shape index (κ1) is 12.6. The molecule has 2 aliphatic rings. The molecule has 0 saturated heterocycles. The van der Waals surface area contributed by atoms with Crippen LogP contribution in [0.15, 0.2) is 12.2 Å². The summed E-state index contributed by atoms with van der Waals surface area (Å²) in [6.45, 7) is 6.89. The van der Waals surface area contributed by atoms with Crippen molar-refractivity contribution >= 4 is 5.97 Å². The monoisotopic (exact) mass is 238 g/mol. The van der Waals surface area contributed by atoms with Gasteiger partial charge >= 0.3 is 5.97 Å². The molecule has 0 bridgehead atoms. The molecule has 0 spiro atoms. The first-order valence-electron chi connectivity index (χ1n) is 6.54. The van der Waals surface area contributed by atoms with Crippen LogP contribution in [0.3, 0.4) is 0 Å². The molecule has 3 nitrogen and oxygen atoms in total. The normalized spacial score (nSPS) is 37.5. The molecule has 96 valence electrons. The third kappa shape index (κ3) is 2.89. The lowest BCUT2D eigenvalue weighted by Gasteiger charge is -2.41. The molecule has 0 aromatic carbocycles. The van der Waals surface area contributed by atoms with Gasteiger partial charge in [0.15, 0.2) is 0 Å². The zero-order chi connectivity index (χ0) is 12.5. The van der Waals surface area contributed by atoms with E-state index in [1.54, 1.807) is 6.08 Å². The number of carbonyl (C=O) groups excluding carboxylic acids is 1. The number of hydrogen-bond donors (Lipinski definition) is 0. The van der Waals surface area contributed by atoms with Gasteiger partial charge in [0.25, 0.3) is 0 Å². The molecule has 0 radical (unpaired) electrons. The highest BCUT2D eigenvalue weighted by Crippen LogP contribution is 2.43. The minimum atomic E-state index is -0.456. The van der Waals surface area contributed by atoms with E-state index in [0.717, 1.165) is 12.8 Å². The van der Waals surface area contributed by atoms with Crippen molar-refractivity contribution in [2.75, 3.05) is 0 Å². The largest absolute Gasteiger partial charge is 0.429 e. The lowest BCUT2D eigenvalue weighted by Crippen LogP contribution is -2.36. The van der Waals surface area contributed by atoms with Crippen LogP contribution < -0.4 is 0 Å². The van der Waals surface area contributed by atoms with Gasteiger partial charge in [-0.1, -0.05) is 27.2 Å². The number of carbonyl (C=O) groups is 1. The topological polar surface area (TPSA) is 35.5 Å². The van der Waals surface area contributed by atoms with Gasteiger partial charge in [0.1, 0.15) is 0 Å². The standard InChI is InChI=1S/C14H22O3/c1-10(2)14(3)8-4-5-11(9-14)16-13-7-6-12(15)17-13/h6-7,10-11,13H,4-5,8-9H2,1-3H3/t11?,13-,14?/m0/s1. The average molecular weight is 238 g/mol. The molecule has 0 amide bonds. The minimum absolute atomic E-state index is 0.219. The van der Waals surface area contributed by atoms with Crippen molar-refractivity contribution in [1.82, 2.24) is 0 Å². The van der Waals surface area contributed by atoms with E-state index in [4.69, 9.17) is 9.47 Å². The second-order valence-electron chi connectivity index (χ2n) is 5.83. The molecule has 2 unspecified atom stereocenters. The van der Waals surface area contributed by atoms with Crippen LogP contribution in [0.5, 0.6) is 0 Å². The lowest BCUT2D eigenvalue weighted by atomic mass is 9.67. The smallest absolute Gasteiger partial charge is 0.333 e. The van der Waals surface area contributed by atoms with E-state index in [-0.39, 0.29) is 12.1 Å². The Morgan fingerprint density at radius 3 is 2.88 bits per heavy atom. The fraction of sp³-hybridized carbons (Fsp3) is 0.786.